The van der Waals surface area contributed by atoms with Crippen molar-refractivity contribution in [3.63, 3.8) is 0 Å². The number of hydrogen-bond donors (Lipinski definition) is 3. The molecule has 0 bridgehead atoms. The van der Waals surface area contributed by atoms with Crippen LogP contribution in [0.25, 0.3) is 0 Å². The second kappa shape index (κ2) is 11.5. The zero-order valence-electron chi connectivity index (χ0n) is 19.6. The predicted molar refractivity (Wildman–Crippen MR) is 129 cm³/mol. The van der Waals surface area contributed by atoms with E-state index in [1.165, 1.54) is 12.1 Å². The Bertz CT molecular complexity index is 1180. The highest BCUT2D eigenvalue weighted by Gasteiger charge is 2.31. The van der Waals surface area contributed by atoms with E-state index < -0.39 is 18.6 Å². The average Bonchev–Trinajstić information content (AvgIpc) is 2.83. The van der Waals surface area contributed by atoms with E-state index in [2.05, 4.69) is 15.4 Å². The quantitative estimate of drug-likeness (QED) is 0.312. The Kier molecular flexibility index (Phi) is 8.42. The lowest BCUT2D eigenvalue weighted by Gasteiger charge is -2.20. The highest BCUT2D eigenvalue weighted by atomic mass is 19.4. The van der Waals surface area contributed by atoms with Gasteiger partial charge in [0.05, 0.1) is 17.4 Å². The van der Waals surface area contributed by atoms with E-state index in [0.29, 0.717) is 28.9 Å². The summed E-state index contributed by atoms with van der Waals surface area (Å²) in [6, 6.07) is 18.4. The van der Waals surface area contributed by atoms with E-state index in [1.54, 1.807) is 55.5 Å². The summed E-state index contributed by atoms with van der Waals surface area (Å²) in [4.78, 5) is 25.0. The van der Waals surface area contributed by atoms with Crippen LogP contribution >= 0.6 is 0 Å². The van der Waals surface area contributed by atoms with Crippen LogP contribution in [-0.2, 0) is 4.74 Å². The maximum absolute atomic E-state index is 12.5. The number of nitrogen functional groups attached to an aromatic ring is 1. The molecule has 0 aromatic heterocycles. The minimum absolute atomic E-state index is 0.319. The highest BCUT2D eigenvalue weighted by molar-refractivity contribution is 6.05. The molecule has 3 rings (SSSR count). The third-order valence-electron chi connectivity index (χ3n) is 5.35. The Hall–Kier alpha value is -4.21. The van der Waals surface area contributed by atoms with Gasteiger partial charge in [-0.2, -0.15) is 0 Å². The first kappa shape index (κ1) is 26.4. The molecule has 0 unspecified atom stereocenters. The Balaban J connectivity index is 1.57. The minimum atomic E-state index is -4.78. The summed E-state index contributed by atoms with van der Waals surface area (Å²) < 4.78 is 46.1. The van der Waals surface area contributed by atoms with Crippen molar-refractivity contribution in [1.29, 1.82) is 0 Å². The van der Waals surface area contributed by atoms with E-state index in [9.17, 15) is 22.8 Å². The van der Waals surface area contributed by atoms with E-state index in [4.69, 9.17) is 10.5 Å². The molecule has 0 heterocycles. The van der Waals surface area contributed by atoms with Crippen LogP contribution in [-0.4, -0.2) is 18.4 Å². The van der Waals surface area contributed by atoms with Crippen molar-refractivity contribution in [2.75, 3.05) is 11.1 Å². The summed E-state index contributed by atoms with van der Waals surface area (Å²) in [7, 11) is 0. The van der Waals surface area contributed by atoms with Crippen LogP contribution in [0.3, 0.4) is 0 Å². The number of carbonyl (C=O) groups excluding carboxylic acids is 2. The molecule has 3 aromatic rings. The van der Waals surface area contributed by atoms with E-state index in [1.807, 2.05) is 6.92 Å². The van der Waals surface area contributed by atoms with Gasteiger partial charge in [-0.05, 0) is 60.9 Å². The first-order chi connectivity index (χ1) is 17.1. The Labute approximate surface area is 206 Å². The standard InChI is InChI=1S/C26H26F3N3O4/c1-3-22(18-8-10-19(11-9-18)24(33)31-23-7-5-4-6-21(23)30)32-25(34)35-16(2)17-12-14-20(15-13-17)36-26(27,28)29/h4-16,22H,3,30H2,1-2H3,(H,31,33)(H,32,34)/t16-,22+/m0/s1. The molecule has 0 saturated heterocycles. The largest absolute Gasteiger partial charge is 0.573 e. The molecule has 2 atom stereocenters. The first-order valence-electron chi connectivity index (χ1n) is 11.1. The zero-order chi connectivity index (χ0) is 26.3. The number of rotatable bonds is 8. The number of nitrogens with two attached hydrogens (primary N) is 1. The summed E-state index contributed by atoms with van der Waals surface area (Å²) in [6.07, 6.45) is -5.62. The molecule has 0 fully saturated rings. The molecular formula is C26H26F3N3O4. The Morgan fingerprint density at radius 1 is 0.944 bits per heavy atom. The number of alkyl carbamates (subject to hydrolysis) is 1. The van der Waals surface area contributed by atoms with Crippen LogP contribution in [0, 0.1) is 0 Å². The van der Waals surface area contributed by atoms with Gasteiger partial charge in [0.1, 0.15) is 11.9 Å². The van der Waals surface area contributed by atoms with Gasteiger partial charge in [0.15, 0.2) is 0 Å². The molecule has 0 aliphatic rings. The number of alkyl halides is 3. The van der Waals surface area contributed by atoms with Crippen molar-refractivity contribution in [3.8, 4) is 5.75 Å². The summed E-state index contributed by atoms with van der Waals surface area (Å²) >= 11 is 0. The summed E-state index contributed by atoms with van der Waals surface area (Å²) in [5.41, 5.74) is 8.52. The van der Waals surface area contributed by atoms with Crippen molar-refractivity contribution in [2.45, 2.75) is 38.8 Å². The number of halogens is 3. The van der Waals surface area contributed by atoms with E-state index in [-0.39, 0.29) is 17.7 Å². The van der Waals surface area contributed by atoms with Crippen LogP contribution in [0.1, 0.15) is 53.9 Å². The number of ether oxygens (including phenoxy) is 2. The van der Waals surface area contributed by atoms with Crippen LogP contribution < -0.4 is 21.1 Å². The fourth-order valence-corrected chi connectivity index (χ4v) is 3.44. The predicted octanol–water partition coefficient (Wildman–Crippen LogP) is 6.36. The van der Waals surface area contributed by atoms with E-state index in [0.717, 1.165) is 17.7 Å². The molecule has 2 amide bonds. The van der Waals surface area contributed by atoms with Gasteiger partial charge in [0, 0.05) is 5.56 Å². The van der Waals surface area contributed by atoms with Crippen molar-refractivity contribution in [3.05, 3.63) is 89.5 Å². The number of para-hydroxylation sites is 2. The average molecular weight is 502 g/mol. The second-order valence-electron chi connectivity index (χ2n) is 7.93. The van der Waals surface area contributed by atoms with Crippen molar-refractivity contribution < 1.29 is 32.2 Å². The molecule has 0 spiro atoms. The lowest BCUT2D eigenvalue weighted by atomic mass is 10.0. The molecule has 7 nitrogen and oxygen atoms in total. The van der Waals surface area contributed by atoms with Gasteiger partial charge in [-0.1, -0.05) is 43.3 Å². The number of anilines is 2. The molecule has 0 aliphatic carbocycles. The Morgan fingerprint density at radius 3 is 2.14 bits per heavy atom. The smallest absolute Gasteiger partial charge is 0.442 e. The van der Waals surface area contributed by atoms with Crippen molar-refractivity contribution >= 4 is 23.4 Å². The summed E-state index contributed by atoms with van der Waals surface area (Å²) in [6.45, 7) is 3.49. The zero-order valence-corrected chi connectivity index (χ0v) is 19.6. The number of hydrogen-bond acceptors (Lipinski definition) is 5. The molecule has 0 saturated carbocycles. The Morgan fingerprint density at radius 2 is 1.56 bits per heavy atom. The van der Waals surface area contributed by atoms with Crippen LogP contribution in [0.5, 0.6) is 5.75 Å². The third-order valence-corrected chi connectivity index (χ3v) is 5.35. The van der Waals surface area contributed by atoms with Crippen molar-refractivity contribution in [2.24, 2.45) is 0 Å². The minimum Gasteiger partial charge on any atom is -0.442 e. The number of benzene rings is 3. The SMILES string of the molecule is CC[C@@H](NC(=O)O[C@@H](C)c1ccc(OC(F)(F)F)cc1)c1ccc(C(=O)Nc2ccccc2N)cc1. The maximum atomic E-state index is 12.5. The topological polar surface area (TPSA) is 103 Å². The van der Waals surface area contributed by atoms with E-state index >= 15 is 0 Å². The third kappa shape index (κ3) is 7.39. The number of carbonyl (C=O) groups is 2. The van der Waals surface area contributed by atoms with Gasteiger partial charge < -0.3 is 25.8 Å². The van der Waals surface area contributed by atoms with Gasteiger partial charge in [0.25, 0.3) is 5.91 Å². The van der Waals surface area contributed by atoms with Gasteiger partial charge >= 0.3 is 12.5 Å². The highest BCUT2D eigenvalue weighted by Crippen LogP contribution is 2.26. The molecular weight excluding hydrogens is 475 g/mol. The van der Waals surface area contributed by atoms with Crippen LogP contribution in [0.15, 0.2) is 72.8 Å². The monoisotopic (exact) mass is 501 g/mol. The fraction of sp³-hybridized carbons (Fsp3) is 0.231. The first-order valence-corrected chi connectivity index (χ1v) is 11.1. The van der Waals surface area contributed by atoms with Gasteiger partial charge in [0.2, 0.25) is 0 Å². The molecule has 4 N–H and O–H groups in total. The number of amides is 2. The second-order valence-corrected chi connectivity index (χ2v) is 7.93. The lowest BCUT2D eigenvalue weighted by Crippen LogP contribution is -2.29. The molecule has 3 aromatic carbocycles. The molecule has 0 radical (unpaired) electrons. The molecule has 36 heavy (non-hydrogen) atoms. The van der Waals surface area contributed by atoms with Gasteiger partial charge in [-0.15, -0.1) is 13.2 Å². The molecule has 190 valence electrons. The maximum Gasteiger partial charge on any atom is 0.573 e. The van der Waals surface area contributed by atoms with Crippen molar-refractivity contribution in [1.82, 2.24) is 5.32 Å². The molecule has 0 aliphatic heterocycles. The lowest BCUT2D eigenvalue weighted by molar-refractivity contribution is -0.274. The molecule has 10 heteroatoms. The van der Waals surface area contributed by atoms with Gasteiger partial charge in [-0.3, -0.25) is 4.79 Å². The number of nitrogens with one attached hydrogen (secondary N) is 2. The normalized spacial score (nSPS) is 12.8. The van der Waals surface area contributed by atoms with Crippen LogP contribution in [0.2, 0.25) is 0 Å². The fourth-order valence-electron chi connectivity index (χ4n) is 3.44. The van der Waals surface area contributed by atoms with Crippen LogP contribution in [0.4, 0.5) is 29.3 Å². The summed E-state index contributed by atoms with van der Waals surface area (Å²) in [5.74, 6) is -0.682. The van der Waals surface area contributed by atoms with Gasteiger partial charge in [-0.25, -0.2) is 4.79 Å². The summed E-state index contributed by atoms with van der Waals surface area (Å²) in [5, 5.41) is 5.53.